The van der Waals surface area contributed by atoms with Gasteiger partial charge in [-0.05, 0) is 50.9 Å². The molecule has 0 aromatic heterocycles. The van der Waals surface area contributed by atoms with Gasteiger partial charge in [0.15, 0.2) is 0 Å². The first-order valence-corrected chi connectivity index (χ1v) is 7.35. The van der Waals surface area contributed by atoms with Gasteiger partial charge >= 0.3 is 0 Å². The van der Waals surface area contributed by atoms with Gasteiger partial charge in [0.05, 0.1) is 6.61 Å². The van der Waals surface area contributed by atoms with Crippen LogP contribution in [0.3, 0.4) is 0 Å². The molecule has 106 valence electrons. The number of nitrogens with zero attached hydrogens (tertiary/aromatic N) is 1. The first-order chi connectivity index (χ1) is 9.19. The molecular formula is C16H26N2O. The SMILES string of the molecule is CC(C)N1CCC(NCc2ccc(CO)cc2)CC1. The molecule has 1 saturated heterocycles. The summed E-state index contributed by atoms with van der Waals surface area (Å²) < 4.78 is 0. The normalized spacial score (nSPS) is 18.1. The average Bonchev–Trinajstić information content (AvgIpc) is 2.46. The number of benzene rings is 1. The third-order valence-electron chi connectivity index (χ3n) is 4.06. The summed E-state index contributed by atoms with van der Waals surface area (Å²) in [7, 11) is 0. The van der Waals surface area contributed by atoms with E-state index in [9.17, 15) is 0 Å². The zero-order chi connectivity index (χ0) is 13.7. The van der Waals surface area contributed by atoms with E-state index in [0.29, 0.717) is 12.1 Å². The monoisotopic (exact) mass is 262 g/mol. The maximum atomic E-state index is 9.01. The lowest BCUT2D eigenvalue weighted by Crippen LogP contribution is -2.44. The molecule has 0 spiro atoms. The smallest absolute Gasteiger partial charge is 0.0681 e. The van der Waals surface area contributed by atoms with E-state index in [1.165, 1.54) is 31.5 Å². The molecule has 1 aromatic carbocycles. The molecule has 1 fully saturated rings. The maximum absolute atomic E-state index is 9.01. The van der Waals surface area contributed by atoms with Crippen LogP contribution in [0.4, 0.5) is 0 Å². The summed E-state index contributed by atoms with van der Waals surface area (Å²) in [5.74, 6) is 0. The van der Waals surface area contributed by atoms with Gasteiger partial charge in [0.1, 0.15) is 0 Å². The lowest BCUT2D eigenvalue weighted by Gasteiger charge is -2.35. The van der Waals surface area contributed by atoms with Crippen molar-refractivity contribution in [3.63, 3.8) is 0 Å². The van der Waals surface area contributed by atoms with Crippen LogP contribution >= 0.6 is 0 Å². The maximum Gasteiger partial charge on any atom is 0.0681 e. The largest absolute Gasteiger partial charge is 0.392 e. The van der Waals surface area contributed by atoms with Gasteiger partial charge in [-0.2, -0.15) is 0 Å². The van der Waals surface area contributed by atoms with Gasteiger partial charge in [-0.15, -0.1) is 0 Å². The second-order valence-corrected chi connectivity index (χ2v) is 5.76. The van der Waals surface area contributed by atoms with Crippen molar-refractivity contribution >= 4 is 0 Å². The van der Waals surface area contributed by atoms with Crippen LogP contribution in [0.5, 0.6) is 0 Å². The summed E-state index contributed by atoms with van der Waals surface area (Å²) in [4.78, 5) is 2.55. The fraction of sp³-hybridized carbons (Fsp3) is 0.625. The standard InChI is InChI=1S/C16H26N2O/c1-13(2)18-9-7-16(8-10-18)17-11-14-3-5-15(12-19)6-4-14/h3-6,13,16-17,19H,7-12H2,1-2H3. The van der Waals surface area contributed by atoms with E-state index < -0.39 is 0 Å². The van der Waals surface area contributed by atoms with Crippen LogP contribution in [-0.4, -0.2) is 35.2 Å². The highest BCUT2D eigenvalue weighted by atomic mass is 16.3. The molecule has 0 bridgehead atoms. The fourth-order valence-electron chi connectivity index (χ4n) is 2.64. The number of nitrogens with one attached hydrogen (secondary N) is 1. The van der Waals surface area contributed by atoms with Gasteiger partial charge in [0.2, 0.25) is 0 Å². The van der Waals surface area contributed by atoms with Crippen molar-refractivity contribution < 1.29 is 5.11 Å². The van der Waals surface area contributed by atoms with Crippen molar-refractivity contribution in [2.24, 2.45) is 0 Å². The van der Waals surface area contributed by atoms with Crippen molar-refractivity contribution in [1.82, 2.24) is 10.2 Å². The minimum absolute atomic E-state index is 0.126. The molecule has 0 aliphatic carbocycles. The van der Waals surface area contributed by atoms with Gasteiger partial charge < -0.3 is 15.3 Å². The van der Waals surface area contributed by atoms with Crippen molar-refractivity contribution in [3.05, 3.63) is 35.4 Å². The molecule has 19 heavy (non-hydrogen) atoms. The van der Waals surface area contributed by atoms with Crippen molar-refractivity contribution in [1.29, 1.82) is 0 Å². The zero-order valence-electron chi connectivity index (χ0n) is 12.1. The minimum atomic E-state index is 0.126. The Balaban J connectivity index is 1.74. The highest BCUT2D eigenvalue weighted by Crippen LogP contribution is 2.13. The van der Waals surface area contributed by atoms with Gasteiger partial charge in [-0.1, -0.05) is 24.3 Å². The van der Waals surface area contributed by atoms with Crippen molar-refractivity contribution in [3.8, 4) is 0 Å². The van der Waals surface area contributed by atoms with Crippen molar-refractivity contribution in [2.75, 3.05) is 13.1 Å². The summed E-state index contributed by atoms with van der Waals surface area (Å²) in [6, 6.07) is 9.51. The highest BCUT2D eigenvalue weighted by molar-refractivity contribution is 5.21. The van der Waals surface area contributed by atoms with E-state index in [-0.39, 0.29) is 6.61 Å². The van der Waals surface area contributed by atoms with E-state index in [1.807, 2.05) is 12.1 Å². The molecule has 3 heteroatoms. The van der Waals surface area contributed by atoms with Crippen LogP contribution in [0.2, 0.25) is 0 Å². The molecule has 1 aromatic rings. The number of rotatable bonds is 5. The van der Waals surface area contributed by atoms with Crippen LogP contribution < -0.4 is 5.32 Å². The van der Waals surface area contributed by atoms with Crippen LogP contribution in [0.1, 0.15) is 37.8 Å². The predicted octanol–water partition coefficient (Wildman–Crippen LogP) is 2.14. The molecule has 1 aliphatic rings. The summed E-state index contributed by atoms with van der Waals surface area (Å²) in [6.45, 7) is 8.02. The van der Waals surface area contributed by atoms with Crippen LogP contribution in [0.15, 0.2) is 24.3 Å². The van der Waals surface area contributed by atoms with Gasteiger partial charge in [-0.25, -0.2) is 0 Å². The summed E-state index contributed by atoms with van der Waals surface area (Å²) in [5.41, 5.74) is 2.28. The Morgan fingerprint density at radius 2 is 1.74 bits per heavy atom. The van der Waals surface area contributed by atoms with Gasteiger partial charge in [0, 0.05) is 18.6 Å². The highest BCUT2D eigenvalue weighted by Gasteiger charge is 2.19. The third kappa shape index (κ3) is 4.30. The van der Waals surface area contributed by atoms with Gasteiger partial charge in [-0.3, -0.25) is 0 Å². The van der Waals surface area contributed by atoms with Crippen molar-refractivity contribution in [2.45, 2.75) is 51.9 Å². The fourth-order valence-corrected chi connectivity index (χ4v) is 2.64. The Labute approximate surface area is 116 Å². The zero-order valence-corrected chi connectivity index (χ0v) is 12.1. The van der Waals surface area contributed by atoms with Crippen LogP contribution in [0.25, 0.3) is 0 Å². The average molecular weight is 262 g/mol. The third-order valence-corrected chi connectivity index (χ3v) is 4.06. The molecule has 0 amide bonds. The number of likely N-dealkylation sites (tertiary alicyclic amines) is 1. The first-order valence-electron chi connectivity index (χ1n) is 7.35. The second-order valence-electron chi connectivity index (χ2n) is 5.76. The Bertz CT molecular complexity index is 367. The molecule has 3 nitrogen and oxygen atoms in total. The van der Waals surface area contributed by atoms with E-state index in [2.05, 4.69) is 36.2 Å². The topological polar surface area (TPSA) is 35.5 Å². The predicted molar refractivity (Wildman–Crippen MR) is 78.9 cm³/mol. The molecule has 1 aliphatic heterocycles. The lowest BCUT2D eigenvalue weighted by molar-refractivity contribution is 0.161. The number of aliphatic hydroxyl groups excluding tert-OH is 1. The molecule has 2 rings (SSSR count). The molecular weight excluding hydrogens is 236 g/mol. The molecule has 1 heterocycles. The Morgan fingerprint density at radius 1 is 1.16 bits per heavy atom. The summed E-state index contributed by atoms with van der Waals surface area (Å²) in [6.07, 6.45) is 2.49. The summed E-state index contributed by atoms with van der Waals surface area (Å²) >= 11 is 0. The molecule has 0 atom stereocenters. The molecule has 0 radical (unpaired) electrons. The summed E-state index contributed by atoms with van der Waals surface area (Å²) in [5, 5.41) is 12.7. The Hall–Kier alpha value is -0.900. The molecule has 0 saturated carbocycles. The Kier molecular flexibility index (Phi) is 5.37. The lowest BCUT2D eigenvalue weighted by atomic mass is 10.0. The number of hydrogen-bond donors (Lipinski definition) is 2. The van der Waals surface area contributed by atoms with E-state index in [1.54, 1.807) is 0 Å². The Morgan fingerprint density at radius 3 is 2.26 bits per heavy atom. The molecule has 0 unspecified atom stereocenters. The van der Waals surface area contributed by atoms with Crippen LogP contribution in [0, 0.1) is 0 Å². The van der Waals surface area contributed by atoms with E-state index in [4.69, 9.17) is 5.11 Å². The minimum Gasteiger partial charge on any atom is -0.392 e. The first kappa shape index (κ1) is 14.5. The van der Waals surface area contributed by atoms with Gasteiger partial charge in [0.25, 0.3) is 0 Å². The second kappa shape index (κ2) is 7.04. The van der Waals surface area contributed by atoms with E-state index in [0.717, 1.165) is 12.1 Å². The quantitative estimate of drug-likeness (QED) is 0.853. The number of piperidine rings is 1. The number of hydrogen-bond acceptors (Lipinski definition) is 3. The number of aliphatic hydroxyl groups is 1. The van der Waals surface area contributed by atoms with E-state index >= 15 is 0 Å². The van der Waals surface area contributed by atoms with Crippen LogP contribution in [-0.2, 0) is 13.2 Å². The molecule has 2 N–H and O–H groups in total.